The second-order valence-electron chi connectivity index (χ2n) is 5.05. The first-order valence-electron chi connectivity index (χ1n) is 7.29. The molecule has 0 aliphatic heterocycles. The van der Waals surface area contributed by atoms with Gasteiger partial charge in [-0.2, -0.15) is 0 Å². The van der Waals surface area contributed by atoms with E-state index in [1.165, 1.54) is 0 Å². The molecule has 2 aromatic carbocycles. The number of nitrogens with one attached hydrogen (secondary N) is 1. The topological polar surface area (TPSA) is 55.1 Å². The Labute approximate surface area is 139 Å². The van der Waals surface area contributed by atoms with Crippen molar-refractivity contribution < 1.29 is 9.32 Å². The largest absolute Gasteiger partial charge is 0.355 e. The van der Waals surface area contributed by atoms with E-state index >= 15 is 0 Å². The molecule has 0 saturated carbocycles. The number of hydrogen-bond donors (Lipinski definition) is 1. The lowest BCUT2D eigenvalue weighted by Crippen LogP contribution is -2.13. The fraction of sp³-hybridized carbons (Fsp3) is 0.111. The highest BCUT2D eigenvalue weighted by Gasteiger charge is 2.15. The number of aromatic nitrogens is 1. The van der Waals surface area contributed by atoms with Crippen LogP contribution in [0, 0.1) is 0 Å². The second kappa shape index (κ2) is 6.67. The van der Waals surface area contributed by atoms with E-state index in [9.17, 15) is 4.79 Å². The van der Waals surface area contributed by atoms with E-state index in [0.29, 0.717) is 10.8 Å². The summed E-state index contributed by atoms with van der Waals surface area (Å²) in [6.07, 6.45) is 0.836. The van der Waals surface area contributed by atoms with Crippen LogP contribution in [0.4, 0.5) is 5.69 Å². The molecule has 0 aliphatic carbocycles. The molecule has 0 aliphatic rings. The Balaban J connectivity index is 1.81. The minimum atomic E-state index is -0.303. The summed E-state index contributed by atoms with van der Waals surface area (Å²) in [6.45, 7) is 2.04. The van der Waals surface area contributed by atoms with Gasteiger partial charge in [-0.05, 0) is 30.2 Å². The molecule has 5 heteroatoms. The third-order valence-corrected chi connectivity index (χ3v) is 3.73. The molecule has 0 unspecified atom stereocenters. The molecule has 0 radical (unpaired) electrons. The first kappa shape index (κ1) is 15.3. The van der Waals surface area contributed by atoms with E-state index in [1.807, 2.05) is 43.3 Å². The van der Waals surface area contributed by atoms with Crippen LogP contribution in [-0.2, 0) is 6.42 Å². The van der Waals surface area contributed by atoms with Crippen molar-refractivity contribution in [1.29, 1.82) is 0 Å². The standard InChI is InChI=1S/C18H15ClN2O2/c1-2-12-6-3-4-9-15(12)20-18(22)16-11-17(23-21-16)13-7-5-8-14(19)10-13/h3-11H,2H2,1H3,(H,20,22). The van der Waals surface area contributed by atoms with Gasteiger partial charge in [0.15, 0.2) is 11.5 Å². The summed E-state index contributed by atoms with van der Waals surface area (Å²) in [5, 5.41) is 7.31. The molecule has 0 spiro atoms. The number of nitrogens with zero attached hydrogens (tertiary/aromatic N) is 1. The van der Waals surface area contributed by atoms with Gasteiger partial charge in [0.2, 0.25) is 0 Å². The number of para-hydroxylation sites is 1. The van der Waals surface area contributed by atoms with Crippen LogP contribution in [0.15, 0.2) is 59.1 Å². The minimum absolute atomic E-state index is 0.228. The van der Waals surface area contributed by atoms with Crippen molar-refractivity contribution >= 4 is 23.2 Å². The monoisotopic (exact) mass is 326 g/mol. The number of halogens is 1. The molecule has 0 fully saturated rings. The Morgan fingerprint density at radius 1 is 1.17 bits per heavy atom. The molecule has 1 amide bonds. The van der Waals surface area contributed by atoms with Crippen LogP contribution in [0.2, 0.25) is 5.02 Å². The maximum Gasteiger partial charge on any atom is 0.277 e. The summed E-state index contributed by atoms with van der Waals surface area (Å²) in [6, 6.07) is 16.5. The maximum absolute atomic E-state index is 12.3. The van der Waals surface area contributed by atoms with Crippen LogP contribution >= 0.6 is 11.6 Å². The molecule has 0 saturated heterocycles. The number of hydrogen-bond acceptors (Lipinski definition) is 3. The van der Waals surface area contributed by atoms with Crippen molar-refractivity contribution in [2.24, 2.45) is 0 Å². The lowest BCUT2D eigenvalue weighted by atomic mass is 10.1. The molecule has 1 N–H and O–H groups in total. The molecule has 4 nitrogen and oxygen atoms in total. The highest BCUT2D eigenvalue weighted by Crippen LogP contribution is 2.24. The fourth-order valence-electron chi connectivity index (χ4n) is 2.30. The van der Waals surface area contributed by atoms with Crippen molar-refractivity contribution in [3.63, 3.8) is 0 Å². The van der Waals surface area contributed by atoms with Crippen LogP contribution in [0.1, 0.15) is 23.0 Å². The first-order chi connectivity index (χ1) is 11.2. The molecule has 0 bridgehead atoms. The Kier molecular flexibility index (Phi) is 4.44. The second-order valence-corrected chi connectivity index (χ2v) is 5.49. The Hall–Kier alpha value is -2.59. The van der Waals surface area contributed by atoms with Crippen LogP contribution in [0.3, 0.4) is 0 Å². The summed E-state index contributed by atoms with van der Waals surface area (Å²) in [4.78, 5) is 12.3. The highest BCUT2D eigenvalue weighted by atomic mass is 35.5. The zero-order valence-corrected chi connectivity index (χ0v) is 13.3. The van der Waals surface area contributed by atoms with E-state index in [-0.39, 0.29) is 11.6 Å². The van der Waals surface area contributed by atoms with Crippen LogP contribution < -0.4 is 5.32 Å². The number of rotatable bonds is 4. The molecule has 3 aromatic rings. The summed E-state index contributed by atoms with van der Waals surface area (Å²) in [7, 11) is 0. The number of carbonyl (C=O) groups excluding carboxylic acids is 1. The van der Waals surface area contributed by atoms with Gasteiger partial charge < -0.3 is 9.84 Å². The molecular weight excluding hydrogens is 312 g/mol. The zero-order chi connectivity index (χ0) is 16.2. The average molecular weight is 327 g/mol. The molecular formula is C18H15ClN2O2. The highest BCUT2D eigenvalue weighted by molar-refractivity contribution is 6.30. The predicted octanol–water partition coefficient (Wildman–Crippen LogP) is 4.81. The van der Waals surface area contributed by atoms with E-state index in [2.05, 4.69) is 10.5 Å². The third-order valence-electron chi connectivity index (χ3n) is 3.50. The lowest BCUT2D eigenvalue weighted by Gasteiger charge is -2.07. The summed E-state index contributed by atoms with van der Waals surface area (Å²) in [5.41, 5.74) is 2.86. The van der Waals surface area contributed by atoms with Crippen LogP contribution in [0.25, 0.3) is 11.3 Å². The van der Waals surface area contributed by atoms with Gasteiger partial charge in [-0.25, -0.2) is 0 Å². The number of aryl methyl sites for hydroxylation is 1. The van der Waals surface area contributed by atoms with E-state index in [0.717, 1.165) is 23.2 Å². The van der Waals surface area contributed by atoms with Gasteiger partial charge in [-0.15, -0.1) is 0 Å². The molecule has 116 valence electrons. The molecule has 1 aromatic heterocycles. The Bertz CT molecular complexity index is 842. The third kappa shape index (κ3) is 3.43. The van der Waals surface area contributed by atoms with Crippen molar-refractivity contribution in [1.82, 2.24) is 5.16 Å². The molecule has 23 heavy (non-hydrogen) atoms. The first-order valence-corrected chi connectivity index (χ1v) is 7.67. The quantitative estimate of drug-likeness (QED) is 0.748. The van der Waals surface area contributed by atoms with Gasteiger partial charge >= 0.3 is 0 Å². The van der Waals surface area contributed by atoms with Gasteiger partial charge in [0, 0.05) is 22.3 Å². The SMILES string of the molecule is CCc1ccccc1NC(=O)c1cc(-c2cccc(Cl)c2)on1. The number of carbonyl (C=O) groups is 1. The van der Waals surface area contributed by atoms with Crippen molar-refractivity contribution in [2.45, 2.75) is 13.3 Å². The van der Waals surface area contributed by atoms with E-state index in [4.69, 9.17) is 16.1 Å². The maximum atomic E-state index is 12.3. The van der Waals surface area contributed by atoms with Crippen LogP contribution in [0.5, 0.6) is 0 Å². The number of benzene rings is 2. The van der Waals surface area contributed by atoms with Gasteiger partial charge in [-0.1, -0.05) is 54.0 Å². The van der Waals surface area contributed by atoms with Crippen molar-refractivity contribution in [3.8, 4) is 11.3 Å². The van der Waals surface area contributed by atoms with E-state index in [1.54, 1.807) is 18.2 Å². The number of amides is 1. The van der Waals surface area contributed by atoms with Crippen molar-refractivity contribution in [2.75, 3.05) is 5.32 Å². The average Bonchev–Trinajstić information content (AvgIpc) is 3.05. The zero-order valence-electron chi connectivity index (χ0n) is 12.5. The van der Waals surface area contributed by atoms with Gasteiger partial charge in [0.25, 0.3) is 5.91 Å². The molecule has 0 atom stereocenters. The summed E-state index contributed by atoms with van der Waals surface area (Å²) >= 11 is 5.96. The van der Waals surface area contributed by atoms with Gasteiger partial charge in [0.05, 0.1) is 0 Å². The normalized spacial score (nSPS) is 10.5. The van der Waals surface area contributed by atoms with Gasteiger partial charge in [-0.3, -0.25) is 4.79 Å². The van der Waals surface area contributed by atoms with Crippen LogP contribution in [-0.4, -0.2) is 11.1 Å². The number of anilines is 1. The summed E-state index contributed by atoms with van der Waals surface area (Å²) < 4.78 is 5.25. The smallest absolute Gasteiger partial charge is 0.277 e. The summed E-state index contributed by atoms with van der Waals surface area (Å²) in [5.74, 6) is 0.198. The molecule has 3 rings (SSSR count). The molecule has 1 heterocycles. The lowest BCUT2D eigenvalue weighted by molar-refractivity contribution is 0.101. The Morgan fingerprint density at radius 3 is 2.78 bits per heavy atom. The fourth-order valence-corrected chi connectivity index (χ4v) is 2.49. The van der Waals surface area contributed by atoms with E-state index < -0.39 is 0 Å². The van der Waals surface area contributed by atoms with Crippen molar-refractivity contribution in [3.05, 3.63) is 70.9 Å². The predicted molar refractivity (Wildman–Crippen MR) is 90.7 cm³/mol. The minimum Gasteiger partial charge on any atom is -0.355 e. The Morgan fingerprint density at radius 2 is 2.00 bits per heavy atom. The van der Waals surface area contributed by atoms with Gasteiger partial charge in [0.1, 0.15) is 0 Å².